The van der Waals surface area contributed by atoms with Crippen molar-refractivity contribution < 1.29 is 8.42 Å². The van der Waals surface area contributed by atoms with E-state index in [1.807, 2.05) is 6.92 Å². The van der Waals surface area contributed by atoms with Crippen LogP contribution in [-0.4, -0.2) is 18.6 Å². The Hall–Kier alpha value is -1.06. The van der Waals surface area contributed by atoms with Crippen LogP contribution in [0.2, 0.25) is 0 Å². The molecule has 0 bridgehead atoms. The number of benzene rings is 1. The highest BCUT2D eigenvalue weighted by Gasteiger charge is 2.22. The van der Waals surface area contributed by atoms with Crippen LogP contribution < -0.4 is 10.5 Å². The molecule has 0 unspecified atom stereocenters. The fourth-order valence-corrected chi connectivity index (χ4v) is 5.45. The fourth-order valence-electron chi connectivity index (χ4n) is 1.84. The monoisotopic (exact) mass is 436 g/mol. The van der Waals surface area contributed by atoms with Crippen LogP contribution in [0.4, 0.5) is 11.5 Å². The molecular weight excluding hydrogens is 424 g/mol. The van der Waals surface area contributed by atoms with Crippen LogP contribution in [-0.2, 0) is 16.4 Å². The molecule has 0 radical (unpaired) electrons. The van der Waals surface area contributed by atoms with Gasteiger partial charge in [0.05, 0.1) is 0 Å². The van der Waals surface area contributed by atoms with Gasteiger partial charge in [0.15, 0.2) is 5.82 Å². The zero-order valence-electron chi connectivity index (χ0n) is 11.2. The maximum Gasteiger partial charge on any atom is 0.265 e. The maximum atomic E-state index is 12.5. The van der Waals surface area contributed by atoms with Gasteiger partial charge >= 0.3 is 0 Å². The average Bonchev–Trinajstić information content (AvgIpc) is 2.74. The lowest BCUT2D eigenvalue weighted by Crippen LogP contribution is -2.14. The maximum absolute atomic E-state index is 12.5. The summed E-state index contributed by atoms with van der Waals surface area (Å²) in [5, 5.41) is 6.75. The first kappa shape index (κ1) is 16.3. The van der Waals surface area contributed by atoms with Gasteiger partial charge in [-0.25, -0.2) is 8.42 Å². The number of hydrogen-bond acceptors (Lipinski definition) is 4. The van der Waals surface area contributed by atoms with E-state index in [-0.39, 0.29) is 10.7 Å². The number of halogens is 2. The second kappa shape index (κ2) is 6.37. The molecule has 1 heterocycles. The van der Waals surface area contributed by atoms with Crippen molar-refractivity contribution in [2.75, 3.05) is 10.5 Å². The number of nitrogens with one attached hydrogen (secondary N) is 2. The Morgan fingerprint density at radius 3 is 2.48 bits per heavy atom. The summed E-state index contributed by atoms with van der Waals surface area (Å²) in [6.07, 6.45) is 1.76. The normalized spacial score (nSPS) is 11.6. The molecular formula is C12H14Br2N4O2S. The summed E-state index contributed by atoms with van der Waals surface area (Å²) in [6.45, 7) is 2.04. The number of nitrogen functional groups attached to an aromatic ring is 1. The molecule has 1 aromatic heterocycles. The van der Waals surface area contributed by atoms with Crippen LogP contribution >= 0.6 is 31.9 Å². The van der Waals surface area contributed by atoms with E-state index in [0.29, 0.717) is 14.6 Å². The van der Waals surface area contributed by atoms with Crippen LogP contribution in [0.3, 0.4) is 0 Å². The van der Waals surface area contributed by atoms with Crippen LogP contribution in [0.15, 0.2) is 32.0 Å². The number of aromatic nitrogens is 2. The minimum Gasteiger partial charge on any atom is -0.399 e. The Morgan fingerprint density at radius 2 is 1.90 bits per heavy atom. The molecule has 0 aliphatic carbocycles. The summed E-state index contributed by atoms with van der Waals surface area (Å²) in [6, 6.07) is 4.75. The predicted molar refractivity (Wildman–Crippen MR) is 89.6 cm³/mol. The summed E-state index contributed by atoms with van der Waals surface area (Å²) in [5.41, 5.74) is 7.00. The summed E-state index contributed by atoms with van der Waals surface area (Å²) >= 11 is 6.44. The number of aryl methyl sites for hydroxylation is 1. The van der Waals surface area contributed by atoms with Gasteiger partial charge in [0.1, 0.15) is 4.90 Å². The first-order chi connectivity index (χ1) is 9.83. The van der Waals surface area contributed by atoms with E-state index in [4.69, 9.17) is 5.73 Å². The van der Waals surface area contributed by atoms with Crippen molar-refractivity contribution in [3.63, 3.8) is 0 Å². The number of anilines is 2. The Balaban J connectivity index is 2.34. The molecule has 9 heteroatoms. The zero-order chi connectivity index (χ0) is 15.6. The van der Waals surface area contributed by atoms with Gasteiger partial charge in [0.25, 0.3) is 10.0 Å². The Labute approximate surface area is 139 Å². The molecule has 0 fully saturated rings. The average molecular weight is 438 g/mol. The Kier molecular flexibility index (Phi) is 4.95. The molecule has 6 nitrogen and oxygen atoms in total. The van der Waals surface area contributed by atoms with E-state index in [1.165, 1.54) is 12.1 Å². The van der Waals surface area contributed by atoms with Gasteiger partial charge in [-0.2, -0.15) is 5.10 Å². The number of nitrogens with two attached hydrogens (primary N) is 1. The predicted octanol–water partition coefficient (Wildman–Crippen LogP) is 3.27. The summed E-state index contributed by atoms with van der Waals surface area (Å²) in [7, 11) is -3.77. The lowest BCUT2D eigenvalue weighted by atomic mass is 10.2. The van der Waals surface area contributed by atoms with E-state index in [0.717, 1.165) is 18.5 Å². The van der Waals surface area contributed by atoms with Crippen molar-refractivity contribution in [3.05, 3.63) is 32.8 Å². The number of sulfonamides is 1. The third-order valence-corrected chi connectivity index (χ3v) is 5.91. The second-order valence-electron chi connectivity index (χ2n) is 4.45. The standard InChI is InChI=1S/C12H14Br2N4O2S/c1-2-3-8-6-11(17-16-8)18-21(19,20)12-9(13)4-7(15)5-10(12)14/h4-6H,2-3,15H2,1H3,(H2,16,17,18). The number of rotatable bonds is 5. The molecule has 0 spiro atoms. The topological polar surface area (TPSA) is 101 Å². The number of hydrogen-bond donors (Lipinski definition) is 3. The van der Waals surface area contributed by atoms with Gasteiger partial charge in [-0.05, 0) is 50.4 Å². The van der Waals surface area contributed by atoms with Crippen LogP contribution in [0.5, 0.6) is 0 Å². The molecule has 0 saturated carbocycles. The van der Waals surface area contributed by atoms with Crippen molar-refractivity contribution in [3.8, 4) is 0 Å². The number of aromatic amines is 1. The molecule has 0 aliphatic rings. The Morgan fingerprint density at radius 1 is 1.29 bits per heavy atom. The first-order valence-corrected chi connectivity index (χ1v) is 9.22. The minimum absolute atomic E-state index is 0.0803. The smallest absolute Gasteiger partial charge is 0.265 e. The van der Waals surface area contributed by atoms with E-state index in [2.05, 4.69) is 46.8 Å². The van der Waals surface area contributed by atoms with Gasteiger partial charge in [-0.1, -0.05) is 13.3 Å². The van der Waals surface area contributed by atoms with Gasteiger partial charge in [-0.15, -0.1) is 0 Å². The molecule has 2 aromatic rings. The molecule has 2 rings (SSSR count). The summed E-state index contributed by atoms with van der Waals surface area (Å²) in [5.74, 6) is 0.258. The van der Waals surface area contributed by atoms with Gasteiger partial charge in [-0.3, -0.25) is 9.82 Å². The van der Waals surface area contributed by atoms with Gasteiger partial charge < -0.3 is 5.73 Å². The molecule has 0 amide bonds. The van der Waals surface area contributed by atoms with Gasteiger partial charge in [0.2, 0.25) is 0 Å². The molecule has 0 atom stereocenters. The van der Waals surface area contributed by atoms with Crippen LogP contribution in [0, 0.1) is 0 Å². The van der Waals surface area contributed by atoms with E-state index < -0.39 is 10.0 Å². The zero-order valence-corrected chi connectivity index (χ0v) is 15.1. The SMILES string of the molecule is CCCc1cc(NS(=O)(=O)c2c(Br)cc(N)cc2Br)n[nH]1. The summed E-state index contributed by atoms with van der Waals surface area (Å²) in [4.78, 5) is 0.0803. The highest BCUT2D eigenvalue weighted by molar-refractivity contribution is 9.11. The summed E-state index contributed by atoms with van der Waals surface area (Å²) < 4.78 is 28.1. The van der Waals surface area contributed by atoms with Crippen LogP contribution in [0.25, 0.3) is 0 Å². The molecule has 1 aromatic carbocycles. The molecule has 0 saturated heterocycles. The highest BCUT2D eigenvalue weighted by atomic mass is 79.9. The highest BCUT2D eigenvalue weighted by Crippen LogP contribution is 2.33. The Bertz CT molecular complexity index is 735. The van der Waals surface area contributed by atoms with Crippen molar-refractivity contribution >= 4 is 53.4 Å². The molecule has 21 heavy (non-hydrogen) atoms. The largest absolute Gasteiger partial charge is 0.399 e. The third-order valence-electron chi connectivity index (χ3n) is 2.68. The number of H-pyrrole nitrogens is 1. The molecule has 0 aliphatic heterocycles. The second-order valence-corrected chi connectivity index (χ2v) is 7.78. The third kappa shape index (κ3) is 3.78. The minimum atomic E-state index is -3.77. The van der Waals surface area contributed by atoms with E-state index in [9.17, 15) is 8.42 Å². The van der Waals surface area contributed by atoms with Crippen molar-refractivity contribution in [1.29, 1.82) is 0 Å². The lowest BCUT2D eigenvalue weighted by Gasteiger charge is -2.10. The molecule has 114 valence electrons. The lowest BCUT2D eigenvalue weighted by molar-refractivity contribution is 0.600. The van der Waals surface area contributed by atoms with Gasteiger partial charge in [0, 0.05) is 26.4 Å². The number of nitrogens with zero attached hydrogens (tertiary/aromatic N) is 1. The van der Waals surface area contributed by atoms with Crippen LogP contribution in [0.1, 0.15) is 19.0 Å². The van der Waals surface area contributed by atoms with Crippen molar-refractivity contribution in [2.45, 2.75) is 24.7 Å². The first-order valence-electron chi connectivity index (χ1n) is 6.15. The fraction of sp³-hybridized carbons (Fsp3) is 0.250. The van der Waals surface area contributed by atoms with Crippen molar-refractivity contribution in [1.82, 2.24) is 10.2 Å². The quantitative estimate of drug-likeness (QED) is 0.624. The van der Waals surface area contributed by atoms with E-state index in [1.54, 1.807) is 6.07 Å². The van der Waals surface area contributed by atoms with Crippen molar-refractivity contribution in [2.24, 2.45) is 0 Å². The molecule has 4 N–H and O–H groups in total. The van der Waals surface area contributed by atoms with E-state index >= 15 is 0 Å².